The molecule has 0 aliphatic carbocycles. The zero-order valence-corrected chi connectivity index (χ0v) is 17.9. The monoisotopic (exact) mass is 437 g/mol. The number of aliphatic hydroxyl groups excluding tert-OH is 1. The van der Waals surface area contributed by atoms with Gasteiger partial charge in [0.2, 0.25) is 15.8 Å². The summed E-state index contributed by atoms with van der Waals surface area (Å²) in [6.45, 7) is 5.29. The number of nitrogens with zero attached hydrogens (tertiary/aromatic N) is 3. The van der Waals surface area contributed by atoms with Crippen LogP contribution in [0.1, 0.15) is 24.4 Å². The first kappa shape index (κ1) is 19.9. The smallest absolute Gasteiger partial charge is 0.411 e. The van der Waals surface area contributed by atoms with Gasteiger partial charge < -0.3 is 20.8 Å². The zero-order chi connectivity index (χ0) is 21.4. The number of thioether (sulfide) groups is 1. The highest BCUT2D eigenvalue weighted by molar-refractivity contribution is 7.98. The third-order valence-corrected chi connectivity index (χ3v) is 8.00. The van der Waals surface area contributed by atoms with Gasteiger partial charge >= 0.3 is 12.0 Å². The van der Waals surface area contributed by atoms with E-state index in [4.69, 9.17) is 5.73 Å². The summed E-state index contributed by atoms with van der Waals surface area (Å²) in [7, 11) is 0. The van der Waals surface area contributed by atoms with Crippen LogP contribution in [0.2, 0.25) is 0 Å². The Morgan fingerprint density at radius 1 is 1.41 bits per heavy atom. The normalized spacial score (nSPS) is 24.8. The fourth-order valence-electron chi connectivity index (χ4n) is 4.50. The molecule has 2 aliphatic heterocycles. The number of hydrogen-bond donors (Lipinski definition) is 3. The number of aliphatic hydroxyl groups is 1. The summed E-state index contributed by atoms with van der Waals surface area (Å²) in [5.74, 6) is -2.38. The number of amides is 2. The molecule has 0 saturated carbocycles. The van der Waals surface area contributed by atoms with Gasteiger partial charge in [-0.15, -0.1) is 4.57 Å². The number of carboxylic acids is 1. The highest BCUT2D eigenvalue weighted by Crippen LogP contribution is 2.52. The second kappa shape index (κ2) is 6.57. The summed E-state index contributed by atoms with van der Waals surface area (Å²) >= 11 is 2.74. The Hall–Kier alpha value is -2.37. The van der Waals surface area contributed by atoms with E-state index in [0.717, 1.165) is 15.4 Å². The van der Waals surface area contributed by atoms with Gasteiger partial charge in [0, 0.05) is 11.5 Å². The molecule has 9 nitrogen and oxygen atoms in total. The molecule has 0 bridgehead atoms. The van der Waals surface area contributed by atoms with Crippen molar-refractivity contribution >= 4 is 51.4 Å². The van der Waals surface area contributed by atoms with Crippen molar-refractivity contribution in [2.75, 3.05) is 6.26 Å². The average Bonchev–Trinajstić information content (AvgIpc) is 3.22. The molecule has 4 N–H and O–H groups in total. The number of imidazole rings is 1. The lowest BCUT2D eigenvalue weighted by molar-refractivity contribution is -0.515. The van der Waals surface area contributed by atoms with Crippen LogP contribution in [-0.4, -0.2) is 56.0 Å². The zero-order valence-electron chi connectivity index (χ0n) is 16.2. The minimum absolute atomic E-state index is 0.0227. The van der Waals surface area contributed by atoms with Crippen LogP contribution in [-0.2, 0) is 9.59 Å². The van der Waals surface area contributed by atoms with E-state index in [1.54, 1.807) is 13.3 Å². The van der Waals surface area contributed by atoms with Crippen molar-refractivity contribution in [2.45, 2.75) is 37.9 Å². The number of aromatic nitrogens is 2. The van der Waals surface area contributed by atoms with Crippen LogP contribution in [0.5, 0.6) is 0 Å². The van der Waals surface area contributed by atoms with E-state index in [2.05, 4.69) is 0 Å². The van der Waals surface area contributed by atoms with Crippen molar-refractivity contribution in [3.8, 4) is 0 Å². The first-order chi connectivity index (χ1) is 13.6. The lowest BCUT2D eigenvalue weighted by Crippen LogP contribution is -2.63. The Balaban J connectivity index is 1.92. The number of rotatable bonds is 4. The maximum Gasteiger partial charge on any atom is 0.411 e. The Kier molecular flexibility index (Phi) is 4.52. The molecule has 1 saturated heterocycles. The molecule has 4 rings (SSSR count). The number of thiazole rings is 1. The molecule has 2 amide bonds. The van der Waals surface area contributed by atoms with Crippen molar-refractivity contribution in [2.24, 2.45) is 17.6 Å². The van der Waals surface area contributed by atoms with Gasteiger partial charge in [0.05, 0.1) is 22.9 Å². The quantitative estimate of drug-likeness (QED) is 0.370. The second-order valence-corrected chi connectivity index (χ2v) is 9.14. The van der Waals surface area contributed by atoms with Crippen molar-refractivity contribution in [3.63, 3.8) is 0 Å². The third-order valence-electron chi connectivity index (χ3n) is 5.79. The topological polar surface area (TPSA) is 130 Å². The number of fused-ring (bicyclic) bond motifs is 2. The first-order valence-electron chi connectivity index (χ1n) is 9.00. The molecule has 2 aliphatic rings. The molecule has 0 aromatic carbocycles. The SMILES string of the molecule is CSc1c2sc(C3=C(C(=O)O)N4C(=O)[C@H]([C@@H](C)O)[C@H]4[C@@H]3C)c(C)[n+]2cn1C(N)=O. The van der Waals surface area contributed by atoms with Gasteiger partial charge in [0.25, 0.3) is 6.33 Å². The summed E-state index contributed by atoms with van der Waals surface area (Å²) in [4.78, 5) is 39.2. The van der Waals surface area contributed by atoms with E-state index in [1.807, 2.05) is 24.5 Å². The first-order valence-corrected chi connectivity index (χ1v) is 11.0. The standard InChI is InChI=1S/C18H20N4O5S2/c1-6-9(12(17(25)26)22-11(6)10(8(3)23)14(22)24)13-7(2)20-5-21(18(19)27)15(28-4)16(20)29-13/h5-6,8,10-11,23H,1-4H3,(H2-,19,25,26,27)/p+1/t6-,8-,10-,11-/m1/s1. The second-order valence-electron chi connectivity index (χ2n) is 7.35. The van der Waals surface area contributed by atoms with Crippen LogP contribution < -0.4 is 10.1 Å². The van der Waals surface area contributed by atoms with Crippen molar-refractivity contribution in [3.05, 3.63) is 22.6 Å². The van der Waals surface area contributed by atoms with E-state index in [1.165, 1.54) is 32.6 Å². The number of aryl methyl sites for hydroxylation is 1. The van der Waals surface area contributed by atoms with E-state index in [9.17, 15) is 24.6 Å². The molecule has 2 aromatic heterocycles. The molecule has 0 radical (unpaired) electrons. The molecule has 4 heterocycles. The van der Waals surface area contributed by atoms with Gasteiger partial charge in [-0.05, 0) is 20.1 Å². The average molecular weight is 438 g/mol. The van der Waals surface area contributed by atoms with Gasteiger partial charge in [-0.1, -0.05) is 30.0 Å². The predicted octanol–water partition coefficient (Wildman–Crippen LogP) is 0.899. The maximum atomic E-state index is 12.6. The summed E-state index contributed by atoms with van der Waals surface area (Å²) < 4.78 is 3.18. The number of carboxylic acid groups (broad SMARTS) is 1. The van der Waals surface area contributed by atoms with Crippen LogP contribution in [0, 0.1) is 18.8 Å². The molecule has 154 valence electrons. The molecular formula is C18H21N4O5S2+. The van der Waals surface area contributed by atoms with Crippen LogP contribution in [0.4, 0.5) is 4.79 Å². The highest BCUT2D eigenvalue weighted by Gasteiger charge is 2.60. The van der Waals surface area contributed by atoms with Gasteiger partial charge in [0.1, 0.15) is 11.4 Å². The van der Waals surface area contributed by atoms with Gasteiger partial charge in [0.15, 0.2) is 0 Å². The Bertz CT molecular complexity index is 1120. The number of aliphatic carboxylic acids is 1. The van der Waals surface area contributed by atoms with Gasteiger partial charge in [-0.25, -0.2) is 9.59 Å². The van der Waals surface area contributed by atoms with Gasteiger partial charge in [-0.3, -0.25) is 4.79 Å². The fourth-order valence-corrected chi connectivity index (χ4v) is 6.78. The number of β-lactam (4-membered cyclic amide) rings is 1. The van der Waals surface area contributed by atoms with Crippen LogP contribution in [0.3, 0.4) is 0 Å². The number of carbonyl (C=O) groups is 3. The van der Waals surface area contributed by atoms with Crippen LogP contribution in [0.25, 0.3) is 10.4 Å². The van der Waals surface area contributed by atoms with E-state index in [0.29, 0.717) is 10.6 Å². The molecule has 1 fully saturated rings. The molecule has 4 atom stereocenters. The summed E-state index contributed by atoms with van der Waals surface area (Å²) in [6, 6.07) is -0.972. The maximum absolute atomic E-state index is 12.6. The largest absolute Gasteiger partial charge is 0.477 e. The Morgan fingerprint density at radius 3 is 2.59 bits per heavy atom. The molecule has 11 heteroatoms. The summed E-state index contributed by atoms with van der Waals surface area (Å²) in [6.07, 6.45) is 2.58. The number of carbonyl (C=O) groups excluding carboxylic acids is 2. The Morgan fingerprint density at radius 2 is 2.07 bits per heavy atom. The highest BCUT2D eigenvalue weighted by atomic mass is 32.2. The summed E-state index contributed by atoms with van der Waals surface area (Å²) in [5, 5.41) is 20.6. The summed E-state index contributed by atoms with van der Waals surface area (Å²) in [5.41, 5.74) is 6.79. The van der Waals surface area contributed by atoms with Crippen molar-refractivity contribution < 1.29 is 29.0 Å². The van der Waals surface area contributed by atoms with Crippen LogP contribution in [0.15, 0.2) is 17.1 Å². The predicted molar refractivity (Wildman–Crippen MR) is 106 cm³/mol. The fraction of sp³-hybridized carbons (Fsp3) is 0.444. The minimum atomic E-state index is -1.17. The lowest BCUT2D eigenvalue weighted by Gasteiger charge is -2.46. The number of primary amides is 1. The molecule has 0 unspecified atom stereocenters. The van der Waals surface area contributed by atoms with Crippen molar-refractivity contribution in [1.29, 1.82) is 0 Å². The molecule has 2 aromatic rings. The third kappa shape index (κ3) is 2.50. The molecule has 0 spiro atoms. The molecular weight excluding hydrogens is 416 g/mol. The Labute approximate surface area is 174 Å². The molecule has 29 heavy (non-hydrogen) atoms. The van der Waals surface area contributed by atoms with Gasteiger partial charge in [-0.2, -0.15) is 4.40 Å². The minimum Gasteiger partial charge on any atom is -0.477 e. The lowest BCUT2D eigenvalue weighted by atomic mass is 9.77. The van der Waals surface area contributed by atoms with E-state index < -0.39 is 24.0 Å². The van der Waals surface area contributed by atoms with E-state index in [-0.39, 0.29) is 23.6 Å². The van der Waals surface area contributed by atoms with Crippen molar-refractivity contribution in [1.82, 2.24) is 9.47 Å². The number of hydrogen-bond acceptors (Lipinski definition) is 6. The van der Waals surface area contributed by atoms with Crippen LogP contribution >= 0.6 is 23.1 Å². The number of nitrogens with two attached hydrogens (primary N) is 1. The van der Waals surface area contributed by atoms with E-state index >= 15 is 0 Å².